The number of methoxy groups -OCH3 is 2. The molecule has 146 valence electrons. The number of fused-ring (bicyclic) bond motifs is 3. The molecule has 2 atom stereocenters. The largest absolute Gasteiger partial charge is 0.493 e. The molecule has 2 aromatic rings. The number of carbonyl (C=O) groups excluding carboxylic acids is 2. The predicted molar refractivity (Wildman–Crippen MR) is 103 cm³/mol. The summed E-state index contributed by atoms with van der Waals surface area (Å²) in [7, 11) is 3.01. The number of carbonyl (C=O) groups is 2. The van der Waals surface area contributed by atoms with E-state index in [1.807, 2.05) is 6.07 Å². The molecule has 1 saturated heterocycles. The zero-order chi connectivity index (χ0) is 19.8. The summed E-state index contributed by atoms with van der Waals surface area (Å²) in [6.07, 6.45) is 0. The van der Waals surface area contributed by atoms with E-state index < -0.39 is 6.04 Å². The fraction of sp³-hybridized carbons (Fsp3) is 0.300. The van der Waals surface area contributed by atoms with E-state index in [1.54, 1.807) is 34.9 Å². The van der Waals surface area contributed by atoms with Crippen LogP contribution in [0.2, 0.25) is 0 Å². The summed E-state index contributed by atoms with van der Waals surface area (Å²) in [6.45, 7) is 0.275. The van der Waals surface area contributed by atoms with Gasteiger partial charge in [-0.25, -0.2) is 4.39 Å². The van der Waals surface area contributed by atoms with E-state index in [2.05, 4.69) is 5.32 Å². The van der Waals surface area contributed by atoms with Crippen LogP contribution < -0.4 is 14.8 Å². The van der Waals surface area contributed by atoms with Crippen LogP contribution in [0.15, 0.2) is 36.4 Å². The van der Waals surface area contributed by atoms with Crippen molar-refractivity contribution < 1.29 is 23.5 Å². The van der Waals surface area contributed by atoms with Gasteiger partial charge in [-0.05, 0) is 23.8 Å². The van der Waals surface area contributed by atoms with Gasteiger partial charge < -0.3 is 19.7 Å². The van der Waals surface area contributed by atoms with Gasteiger partial charge in [0, 0.05) is 17.9 Å². The van der Waals surface area contributed by atoms with E-state index in [4.69, 9.17) is 9.47 Å². The number of halogens is 1. The predicted octanol–water partition coefficient (Wildman–Crippen LogP) is 2.73. The summed E-state index contributed by atoms with van der Waals surface area (Å²) >= 11 is 1.55. The lowest BCUT2D eigenvalue weighted by molar-refractivity contribution is -0.124. The van der Waals surface area contributed by atoms with Gasteiger partial charge >= 0.3 is 0 Å². The first-order valence-electron chi connectivity index (χ1n) is 8.76. The number of nitrogens with one attached hydrogen (secondary N) is 1. The molecular formula is C20H19FN2O4S. The van der Waals surface area contributed by atoms with Crippen molar-refractivity contribution in [3.63, 3.8) is 0 Å². The molecule has 0 aliphatic carbocycles. The fourth-order valence-electron chi connectivity index (χ4n) is 3.60. The van der Waals surface area contributed by atoms with E-state index in [-0.39, 0.29) is 29.6 Å². The van der Waals surface area contributed by atoms with Crippen molar-refractivity contribution in [1.82, 2.24) is 10.2 Å². The first kappa shape index (κ1) is 18.6. The van der Waals surface area contributed by atoms with E-state index >= 15 is 0 Å². The maximum atomic E-state index is 13.1. The van der Waals surface area contributed by atoms with Crippen LogP contribution in [0.5, 0.6) is 11.5 Å². The highest BCUT2D eigenvalue weighted by Gasteiger charge is 2.50. The molecule has 2 heterocycles. The maximum Gasteiger partial charge on any atom is 0.260 e. The fourth-order valence-corrected chi connectivity index (χ4v) is 5.06. The average Bonchev–Trinajstić information content (AvgIpc) is 3.26. The first-order valence-corrected chi connectivity index (χ1v) is 9.81. The van der Waals surface area contributed by atoms with Gasteiger partial charge in [0.1, 0.15) is 17.2 Å². The summed E-state index contributed by atoms with van der Waals surface area (Å²) in [5, 5.41) is 2.63. The second-order valence-electron chi connectivity index (χ2n) is 6.52. The lowest BCUT2D eigenvalue weighted by Crippen LogP contribution is -2.45. The third-order valence-corrected chi connectivity index (χ3v) is 6.28. The van der Waals surface area contributed by atoms with Crippen molar-refractivity contribution in [2.24, 2.45) is 0 Å². The molecule has 1 N–H and O–H groups in total. The minimum absolute atomic E-state index is 0.219. The quantitative estimate of drug-likeness (QED) is 0.833. The van der Waals surface area contributed by atoms with E-state index in [9.17, 15) is 14.0 Å². The summed E-state index contributed by atoms with van der Waals surface area (Å²) in [4.78, 5) is 27.5. The van der Waals surface area contributed by atoms with Crippen LogP contribution in [0, 0.1) is 5.82 Å². The Kier molecular flexibility index (Phi) is 4.89. The van der Waals surface area contributed by atoms with Gasteiger partial charge in [-0.3, -0.25) is 9.59 Å². The number of hydrogen-bond donors (Lipinski definition) is 1. The Bertz CT molecular complexity index is 935. The molecule has 1 unspecified atom stereocenters. The lowest BCUT2D eigenvalue weighted by Gasteiger charge is -2.22. The van der Waals surface area contributed by atoms with Crippen molar-refractivity contribution in [1.29, 1.82) is 0 Å². The smallest absolute Gasteiger partial charge is 0.260 e. The number of hydrogen-bond acceptors (Lipinski definition) is 5. The van der Waals surface area contributed by atoms with Crippen LogP contribution in [0.4, 0.5) is 4.39 Å². The van der Waals surface area contributed by atoms with E-state index in [0.29, 0.717) is 22.8 Å². The Hall–Kier alpha value is -2.74. The highest BCUT2D eigenvalue weighted by atomic mass is 32.2. The van der Waals surface area contributed by atoms with Crippen molar-refractivity contribution in [3.8, 4) is 11.5 Å². The molecule has 6 nitrogen and oxygen atoms in total. The number of nitrogens with zero attached hydrogens (tertiary/aromatic N) is 1. The van der Waals surface area contributed by atoms with Crippen LogP contribution in [-0.2, 0) is 11.3 Å². The zero-order valence-electron chi connectivity index (χ0n) is 15.4. The van der Waals surface area contributed by atoms with Crippen LogP contribution in [0.25, 0.3) is 0 Å². The Morgan fingerprint density at radius 3 is 2.64 bits per heavy atom. The summed E-state index contributed by atoms with van der Waals surface area (Å²) in [5.41, 5.74) is 2.08. The second kappa shape index (κ2) is 7.35. The summed E-state index contributed by atoms with van der Waals surface area (Å²) < 4.78 is 23.7. The number of amides is 2. The molecular weight excluding hydrogens is 383 g/mol. The van der Waals surface area contributed by atoms with Gasteiger partial charge in [0.05, 0.1) is 19.8 Å². The van der Waals surface area contributed by atoms with Gasteiger partial charge in [0.2, 0.25) is 5.91 Å². The molecule has 0 saturated carbocycles. The van der Waals surface area contributed by atoms with Crippen LogP contribution in [0.3, 0.4) is 0 Å². The van der Waals surface area contributed by atoms with Crippen molar-refractivity contribution in [2.45, 2.75) is 18.0 Å². The van der Waals surface area contributed by atoms with Crippen molar-refractivity contribution >= 4 is 23.6 Å². The number of benzene rings is 2. The molecule has 0 bridgehead atoms. The Morgan fingerprint density at radius 2 is 1.96 bits per heavy atom. The number of ether oxygens (including phenoxy) is 2. The molecule has 0 aromatic heterocycles. The minimum atomic E-state index is -0.578. The maximum absolute atomic E-state index is 13.1. The molecule has 28 heavy (non-hydrogen) atoms. The highest BCUT2D eigenvalue weighted by Crippen LogP contribution is 2.52. The second-order valence-corrected chi connectivity index (χ2v) is 7.64. The third-order valence-electron chi connectivity index (χ3n) is 4.98. The Balaban J connectivity index is 1.54. The van der Waals surface area contributed by atoms with Crippen molar-refractivity contribution in [3.05, 3.63) is 58.9 Å². The van der Waals surface area contributed by atoms with Crippen molar-refractivity contribution in [2.75, 3.05) is 20.0 Å². The average molecular weight is 402 g/mol. The first-order chi connectivity index (χ1) is 13.5. The Morgan fingerprint density at radius 1 is 1.21 bits per heavy atom. The molecule has 4 rings (SSSR count). The lowest BCUT2D eigenvalue weighted by atomic mass is 10.1. The van der Waals surface area contributed by atoms with Gasteiger partial charge in [0.25, 0.3) is 5.91 Å². The molecule has 1 fully saturated rings. The normalized spacial score (nSPS) is 20.0. The highest BCUT2D eigenvalue weighted by molar-refractivity contribution is 7.99. The molecule has 2 aliphatic heterocycles. The number of rotatable bonds is 5. The molecule has 2 aliphatic rings. The summed E-state index contributed by atoms with van der Waals surface area (Å²) in [5.74, 6) is 0.604. The van der Waals surface area contributed by atoms with Gasteiger partial charge in [-0.2, -0.15) is 0 Å². The zero-order valence-corrected chi connectivity index (χ0v) is 16.2. The molecule has 8 heteroatoms. The van der Waals surface area contributed by atoms with E-state index in [0.717, 1.165) is 11.1 Å². The van der Waals surface area contributed by atoms with Gasteiger partial charge in [0.15, 0.2) is 11.5 Å². The topological polar surface area (TPSA) is 67.9 Å². The number of thioether (sulfide) groups is 1. The van der Waals surface area contributed by atoms with Crippen LogP contribution >= 0.6 is 11.8 Å². The monoisotopic (exact) mass is 402 g/mol. The molecule has 2 amide bonds. The Labute approximate surface area is 166 Å². The van der Waals surface area contributed by atoms with Crippen LogP contribution in [-0.4, -0.2) is 42.7 Å². The van der Waals surface area contributed by atoms with Gasteiger partial charge in [-0.1, -0.05) is 18.2 Å². The SMILES string of the molecule is COc1ccc2c(c1OC)C(=O)N1C2SC[C@H]1C(=O)NCc1ccc(F)cc1. The van der Waals surface area contributed by atoms with Crippen LogP contribution in [0.1, 0.15) is 26.9 Å². The standard InChI is InChI=1S/C20H19FN2O4S/c1-26-15-8-7-13-16(17(15)27-2)19(25)23-14(10-28-20(13)23)18(24)22-9-11-3-5-12(21)6-4-11/h3-8,14,20H,9-10H2,1-2H3,(H,22,24)/t14-,20?/m0/s1. The van der Waals surface area contributed by atoms with Gasteiger partial charge in [-0.15, -0.1) is 11.8 Å². The third kappa shape index (κ3) is 2.97. The molecule has 0 radical (unpaired) electrons. The summed E-state index contributed by atoms with van der Waals surface area (Å²) in [6, 6.07) is 8.99. The molecule has 0 spiro atoms. The molecule has 2 aromatic carbocycles. The minimum Gasteiger partial charge on any atom is -0.493 e. The van der Waals surface area contributed by atoms with E-state index in [1.165, 1.54) is 26.4 Å².